The quantitative estimate of drug-likeness (QED) is 0.105. The van der Waals surface area contributed by atoms with Crippen molar-refractivity contribution in [3.05, 3.63) is 107 Å². The van der Waals surface area contributed by atoms with Gasteiger partial charge in [-0.2, -0.15) is 0 Å². The predicted molar refractivity (Wildman–Crippen MR) is 222 cm³/mol. The first-order chi connectivity index (χ1) is 23.1. The van der Waals surface area contributed by atoms with Gasteiger partial charge in [0.25, 0.3) is 0 Å². The Morgan fingerprint density at radius 2 is 0.796 bits per heavy atom. The highest BCUT2D eigenvalue weighted by Gasteiger charge is 2.35. The van der Waals surface area contributed by atoms with Crippen LogP contribution in [0.5, 0.6) is 23.0 Å². The number of epoxide rings is 2. The Bertz CT molecular complexity index is 1690. The van der Waals surface area contributed by atoms with Gasteiger partial charge in [-0.1, -0.05) is 52.0 Å². The van der Waals surface area contributed by atoms with Crippen LogP contribution in [0, 0.1) is 0 Å². The zero-order chi connectivity index (χ0) is 35.4. The maximum absolute atomic E-state index is 6.31. The minimum absolute atomic E-state index is 0.157. The molecule has 0 radical (unpaired) electrons. The van der Waals surface area contributed by atoms with Crippen LogP contribution in [0.4, 0.5) is 0 Å². The number of hydrogen-bond donors (Lipinski definition) is 0. The van der Waals surface area contributed by atoms with Crippen LogP contribution in [0.3, 0.4) is 0 Å². The minimum atomic E-state index is -0.366. The number of ether oxygens (including phenoxy) is 5. The third-order valence-electron chi connectivity index (χ3n) is 8.72. The summed E-state index contributed by atoms with van der Waals surface area (Å²) in [6, 6.07) is 16.5. The first-order valence-electron chi connectivity index (χ1n) is 15.2. The molecule has 0 bridgehead atoms. The molecule has 5 nitrogen and oxygen atoms in total. The molecule has 4 aromatic rings. The average Bonchev–Trinajstić information content (AvgIpc) is 4.00. The van der Waals surface area contributed by atoms with E-state index in [-0.39, 0.29) is 23.0 Å². The lowest BCUT2D eigenvalue weighted by Gasteiger charge is -2.31. The van der Waals surface area contributed by atoms with Gasteiger partial charge in [-0.05, 0) is 174 Å². The van der Waals surface area contributed by atoms with E-state index in [0.717, 1.165) is 94.2 Å². The summed E-state index contributed by atoms with van der Waals surface area (Å²) in [6.07, 6.45) is 0.314. The third kappa shape index (κ3) is 8.11. The Morgan fingerprint density at radius 3 is 1.06 bits per heavy atom. The number of halogens is 8. The Hall–Kier alpha value is 0.0400. The van der Waals surface area contributed by atoms with Crippen LogP contribution in [-0.4, -0.2) is 38.6 Å². The minimum Gasteiger partial charge on any atom is -0.488 e. The van der Waals surface area contributed by atoms with Gasteiger partial charge in [0.15, 0.2) is 0 Å². The molecular formula is C36H30Br8O5. The summed E-state index contributed by atoms with van der Waals surface area (Å²) in [7, 11) is 0. The van der Waals surface area contributed by atoms with Crippen molar-refractivity contribution in [2.75, 3.05) is 26.4 Å². The van der Waals surface area contributed by atoms with Crippen molar-refractivity contribution >= 4 is 127 Å². The van der Waals surface area contributed by atoms with E-state index in [1.54, 1.807) is 0 Å². The predicted octanol–water partition coefficient (Wildman–Crippen LogP) is 13.8. The van der Waals surface area contributed by atoms with E-state index in [1.807, 2.05) is 24.3 Å². The molecule has 2 aliphatic heterocycles. The van der Waals surface area contributed by atoms with Gasteiger partial charge < -0.3 is 23.7 Å². The monoisotopic (exact) mass is 1170 g/mol. The molecule has 0 saturated carbocycles. The van der Waals surface area contributed by atoms with Crippen molar-refractivity contribution in [3.63, 3.8) is 0 Å². The summed E-state index contributed by atoms with van der Waals surface area (Å²) >= 11 is 30.4. The number of hydrogen-bond acceptors (Lipinski definition) is 5. The Balaban J connectivity index is 1.19. The van der Waals surface area contributed by atoms with E-state index in [2.05, 4.69) is 179 Å². The van der Waals surface area contributed by atoms with Crippen molar-refractivity contribution in [1.29, 1.82) is 0 Å². The van der Waals surface area contributed by atoms with Crippen LogP contribution in [0.1, 0.15) is 49.9 Å². The lowest BCUT2D eigenvalue weighted by Crippen LogP contribution is -2.21. The molecule has 0 amide bonds. The summed E-state index contributed by atoms with van der Waals surface area (Å²) in [5.41, 5.74) is 3.69. The summed E-state index contributed by atoms with van der Waals surface area (Å²) in [4.78, 5) is 0. The Morgan fingerprint density at radius 1 is 0.510 bits per heavy atom. The fraction of sp³-hybridized carbons (Fsp3) is 0.333. The first kappa shape index (κ1) is 38.8. The summed E-state index contributed by atoms with van der Waals surface area (Å²) in [6.45, 7) is 11.3. The van der Waals surface area contributed by atoms with Crippen molar-refractivity contribution < 1.29 is 23.7 Å². The van der Waals surface area contributed by atoms with Crippen LogP contribution in [0.25, 0.3) is 0 Å². The molecular weight excluding hydrogens is 1150 g/mol. The number of rotatable bonds is 12. The molecule has 260 valence electrons. The molecule has 0 spiro atoms. The van der Waals surface area contributed by atoms with Crippen LogP contribution in [0.15, 0.2) is 84.3 Å². The second-order valence-corrected chi connectivity index (χ2v) is 19.2. The van der Waals surface area contributed by atoms with Gasteiger partial charge in [0, 0.05) is 28.7 Å². The lowest BCUT2D eigenvalue weighted by molar-refractivity contribution is 0.260. The van der Waals surface area contributed by atoms with Crippen LogP contribution < -0.4 is 14.2 Å². The second-order valence-electron chi connectivity index (χ2n) is 12.9. The summed E-state index contributed by atoms with van der Waals surface area (Å²) < 4.78 is 36.2. The van der Waals surface area contributed by atoms with Gasteiger partial charge in [0.1, 0.15) is 48.4 Å². The van der Waals surface area contributed by atoms with Crippen molar-refractivity contribution in [1.82, 2.24) is 0 Å². The zero-order valence-corrected chi connectivity index (χ0v) is 39.4. The van der Waals surface area contributed by atoms with E-state index in [1.165, 1.54) is 0 Å². The van der Waals surface area contributed by atoms with Gasteiger partial charge in [-0.25, -0.2) is 0 Å². The van der Waals surface area contributed by atoms with Crippen molar-refractivity contribution in [2.24, 2.45) is 0 Å². The van der Waals surface area contributed by atoms with Gasteiger partial charge in [-0.15, -0.1) is 0 Å². The fourth-order valence-electron chi connectivity index (χ4n) is 5.56. The molecule has 0 aromatic heterocycles. The van der Waals surface area contributed by atoms with Gasteiger partial charge in [0.05, 0.1) is 31.1 Å². The van der Waals surface area contributed by atoms with Crippen LogP contribution >= 0.6 is 127 Å². The number of benzene rings is 4. The molecule has 49 heavy (non-hydrogen) atoms. The maximum Gasteiger partial charge on any atom is 0.150 e. The van der Waals surface area contributed by atoms with E-state index in [9.17, 15) is 0 Å². The molecule has 2 saturated heterocycles. The highest BCUT2D eigenvalue weighted by Crippen LogP contribution is 2.53. The maximum atomic E-state index is 6.31. The second kappa shape index (κ2) is 15.4. The van der Waals surface area contributed by atoms with E-state index < -0.39 is 0 Å². The summed E-state index contributed by atoms with van der Waals surface area (Å²) in [5.74, 6) is 2.97. The normalized spacial score (nSPS) is 17.2. The highest BCUT2D eigenvalue weighted by molar-refractivity contribution is 9.14. The smallest absolute Gasteiger partial charge is 0.150 e. The first-order valence-corrected chi connectivity index (χ1v) is 21.6. The molecule has 2 fully saturated rings. The standard InChI is InChI=1S/C36H30Br8O5/c1-35(2,23-25(37)29(41)33(30(42)26(23)38)47-15-21-13-45-21)17-5-9-19(10-6-17)49-20-11-7-18(8-12-20)36(3,4)24-27(39)31(43)34(32(44)28(24)40)48-16-22-14-46-22/h5-12,21-22H,13-16H2,1-4H3. The van der Waals surface area contributed by atoms with Gasteiger partial charge in [-0.3, -0.25) is 0 Å². The molecule has 6 rings (SSSR count). The van der Waals surface area contributed by atoms with E-state index in [4.69, 9.17) is 23.7 Å². The van der Waals surface area contributed by atoms with Crippen molar-refractivity contribution in [2.45, 2.75) is 50.7 Å². The SMILES string of the molecule is CC(C)(c1ccc(Oc2ccc(C(C)(C)c3c(Br)c(Br)c(OCC4CO4)c(Br)c3Br)cc2)cc1)c1c(Br)c(Br)c(OCC2CO2)c(Br)c1Br. The highest BCUT2D eigenvalue weighted by atomic mass is 79.9. The zero-order valence-electron chi connectivity index (χ0n) is 26.7. The van der Waals surface area contributed by atoms with Crippen LogP contribution in [0.2, 0.25) is 0 Å². The molecule has 13 heteroatoms. The van der Waals surface area contributed by atoms with Crippen LogP contribution in [-0.2, 0) is 20.3 Å². The topological polar surface area (TPSA) is 52.8 Å². The van der Waals surface area contributed by atoms with Gasteiger partial charge in [0.2, 0.25) is 0 Å². The fourth-order valence-corrected chi connectivity index (χ4v) is 12.2. The van der Waals surface area contributed by atoms with Crippen molar-refractivity contribution in [3.8, 4) is 23.0 Å². The Labute approximate surface area is 353 Å². The molecule has 2 aliphatic rings. The molecule has 2 heterocycles. The van der Waals surface area contributed by atoms with Gasteiger partial charge >= 0.3 is 0 Å². The molecule has 4 aromatic carbocycles. The molecule has 2 unspecified atom stereocenters. The molecule has 0 aliphatic carbocycles. The Kier molecular flexibility index (Phi) is 12.2. The average molecular weight is 1180 g/mol. The summed E-state index contributed by atoms with van der Waals surface area (Å²) in [5, 5.41) is 0. The lowest BCUT2D eigenvalue weighted by atomic mass is 9.78. The largest absolute Gasteiger partial charge is 0.488 e. The van der Waals surface area contributed by atoms with E-state index in [0.29, 0.717) is 13.2 Å². The third-order valence-corrected chi connectivity index (χ3v) is 17.0. The molecule has 0 N–H and O–H groups in total. The van der Waals surface area contributed by atoms with E-state index >= 15 is 0 Å². The molecule has 2 atom stereocenters.